The number of aliphatic carboxylic acids is 1. The Morgan fingerprint density at radius 2 is 2.05 bits per heavy atom. The number of rotatable bonds is 7. The fourth-order valence-electron chi connectivity index (χ4n) is 1.82. The Kier molecular flexibility index (Phi) is 6.14. The van der Waals surface area contributed by atoms with Crippen molar-refractivity contribution in [1.82, 2.24) is 10.3 Å². The lowest BCUT2D eigenvalue weighted by Crippen LogP contribution is -2.45. The predicted molar refractivity (Wildman–Crippen MR) is 78.3 cm³/mol. The first kappa shape index (κ1) is 16.9. The van der Waals surface area contributed by atoms with E-state index in [-0.39, 0.29) is 17.6 Å². The van der Waals surface area contributed by atoms with Crippen LogP contribution in [0, 0.1) is 5.92 Å². The number of nitrogens with one attached hydrogen (secondary N) is 1. The Labute approximate surface area is 124 Å². The summed E-state index contributed by atoms with van der Waals surface area (Å²) in [5, 5.41) is 11.8. The molecule has 6 nitrogen and oxygen atoms in total. The van der Waals surface area contributed by atoms with Gasteiger partial charge in [-0.3, -0.25) is 9.78 Å². The molecule has 0 aliphatic carbocycles. The molecule has 1 aromatic rings. The highest BCUT2D eigenvalue weighted by Gasteiger charge is 2.26. The van der Waals surface area contributed by atoms with E-state index in [9.17, 15) is 14.7 Å². The first-order chi connectivity index (χ1) is 9.86. The molecular weight excluding hydrogens is 272 g/mol. The van der Waals surface area contributed by atoms with Gasteiger partial charge in [-0.05, 0) is 25.8 Å². The van der Waals surface area contributed by atoms with Gasteiger partial charge >= 0.3 is 5.97 Å². The van der Waals surface area contributed by atoms with Crippen molar-refractivity contribution in [3.05, 3.63) is 24.0 Å². The molecule has 1 aromatic heterocycles. The Morgan fingerprint density at radius 1 is 1.38 bits per heavy atom. The molecule has 2 N–H and O–H groups in total. The van der Waals surface area contributed by atoms with Crippen LogP contribution < -0.4 is 10.1 Å². The third-order valence-electron chi connectivity index (χ3n) is 3.16. The summed E-state index contributed by atoms with van der Waals surface area (Å²) in [6, 6.07) is 0.588. The molecule has 6 heteroatoms. The number of carbonyl (C=O) groups is 2. The van der Waals surface area contributed by atoms with E-state index in [1.54, 1.807) is 6.92 Å². The van der Waals surface area contributed by atoms with Crippen molar-refractivity contribution in [1.29, 1.82) is 0 Å². The van der Waals surface area contributed by atoms with Crippen molar-refractivity contribution in [2.24, 2.45) is 5.92 Å². The fraction of sp³-hybridized carbons (Fsp3) is 0.533. The molecule has 0 aliphatic heterocycles. The summed E-state index contributed by atoms with van der Waals surface area (Å²) in [5.41, 5.74) is 0.285. The Bertz CT molecular complexity index is 502. The van der Waals surface area contributed by atoms with Crippen molar-refractivity contribution >= 4 is 11.9 Å². The fourth-order valence-corrected chi connectivity index (χ4v) is 1.82. The van der Waals surface area contributed by atoms with Crippen LogP contribution in [0.5, 0.6) is 5.75 Å². The average molecular weight is 294 g/mol. The van der Waals surface area contributed by atoms with Crippen molar-refractivity contribution in [2.75, 3.05) is 0 Å². The van der Waals surface area contributed by atoms with E-state index in [1.165, 1.54) is 18.5 Å². The zero-order valence-electron chi connectivity index (χ0n) is 12.8. The number of nitrogens with zero attached hydrogens (tertiary/aromatic N) is 1. The van der Waals surface area contributed by atoms with Crippen LogP contribution in [-0.4, -0.2) is 34.1 Å². The molecule has 0 fully saturated rings. The van der Waals surface area contributed by atoms with Gasteiger partial charge in [0.25, 0.3) is 5.91 Å². The normalized spacial score (nSPS) is 13.6. The number of ether oxygens (including phenoxy) is 1. The minimum Gasteiger partial charge on any atom is -0.489 e. The molecule has 1 rings (SSSR count). The zero-order chi connectivity index (χ0) is 16.0. The predicted octanol–water partition coefficient (Wildman–Crippen LogP) is 2.10. The molecule has 21 heavy (non-hydrogen) atoms. The van der Waals surface area contributed by atoms with Gasteiger partial charge in [-0.25, -0.2) is 4.79 Å². The van der Waals surface area contributed by atoms with Crippen molar-refractivity contribution in [3.8, 4) is 5.75 Å². The van der Waals surface area contributed by atoms with Gasteiger partial charge < -0.3 is 15.2 Å². The van der Waals surface area contributed by atoms with Crippen LogP contribution in [-0.2, 0) is 4.79 Å². The third-order valence-corrected chi connectivity index (χ3v) is 3.16. The van der Waals surface area contributed by atoms with Crippen LogP contribution in [0.4, 0.5) is 0 Å². The van der Waals surface area contributed by atoms with E-state index >= 15 is 0 Å². The highest BCUT2D eigenvalue weighted by atomic mass is 16.5. The number of aromatic nitrogens is 1. The smallest absolute Gasteiger partial charge is 0.326 e. The lowest BCUT2D eigenvalue weighted by atomic mass is 9.99. The zero-order valence-corrected chi connectivity index (χ0v) is 12.8. The lowest BCUT2D eigenvalue weighted by Gasteiger charge is -2.21. The number of carbonyl (C=O) groups excluding carboxylic acids is 1. The number of pyridine rings is 1. The third kappa shape index (κ3) is 4.73. The molecule has 0 bridgehead atoms. The van der Waals surface area contributed by atoms with E-state index in [4.69, 9.17) is 4.74 Å². The second kappa shape index (κ2) is 7.61. The van der Waals surface area contributed by atoms with Crippen molar-refractivity contribution in [2.45, 2.75) is 46.3 Å². The average Bonchev–Trinajstić information content (AvgIpc) is 2.43. The molecule has 2 atom stereocenters. The minimum absolute atomic E-state index is 0.106. The summed E-state index contributed by atoms with van der Waals surface area (Å²) in [6.45, 7) is 7.35. The summed E-state index contributed by atoms with van der Waals surface area (Å²) in [5.74, 6) is -1.33. The van der Waals surface area contributed by atoms with Gasteiger partial charge in [0.05, 0.1) is 17.9 Å². The number of carboxylic acids is 1. The molecule has 0 aromatic carbocycles. The first-order valence-electron chi connectivity index (χ1n) is 7.01. The van der Waals surface area contributed by atoms with Gasteiger partial charge in [0.15, 0.2) is 5.75 Å². The number of amides is 1. The maximum Gasteiger partial charge on any atom is 0.326 e. The summed E-state index contributed by atoms with van der Waals surface area (Å²) in [4.78, 5) is 27.5. The van der Waals surface area contributed by atoms with Crippen LogP contribution in [0.1, 0.15) is 44.5 Å². The Hall–Kier alpha value is -2.11. The Morgan fingerprint density at radius 3 is 2.57 bits per heavy atom. The molecule has 0 spiro atoms. The maximum atomic E-state index is 12.3. The highest BCUT2D eigenvalue weighted by Crippen LogP contribution is 2.19. The SMILES string of the molecule is CC[C@@H](C)[C@@H](NC(=O)c1ccncc1OC(C)C)C(=O)O. The molecule has 0 saturated heterocycles. The van der Waals surface area contributed by atoms with Gasteiger partial charge in [-0.1, -0.05) is 20.3 Å². The summed E-state index contributed by atoms with van der Waals surface area (Å²) in [7, 11) is 0. The van der Waals surface area contributed by atoms with E-state index < -0.39 is 17.9 Å². The van der Waals surface area contributed by atoms with Crippen LogP contribution in [0.15, 0.2) is 18.5 Å². The second-order valence-electron chi connectivity index (χ2n) is 5.21. The monoisotopic (exact) mass is 294 g/mol. The van der Waals surface area contributed by atoms with E-state index in [0.29, 0.717) is 12.2 Å². The molecule has 1 amide bonds. The molecule has 0 unspecified atom stereocenters. The largest absolute Gasteiger partial charge is 0.489 e. The molecule has 1 heterocycles. The van der Waals surface area contributed by atoms with Gasteiger partial charge in [0.2, 0.25) is 0 Å². The van der Waals surface area contributed by atoms with Crippen molar-refractivity contribution < 1.29 is 19.4 Å². The quantitative estimate of drug-likeness (QED) is 0.804. The minimum atomic E-state index is -1.04. The van der Waals surface area contributed by atoms with E-state index in [0.717, 1.165) is 0 Å². The first-order valence-corrected chi connectivity index (χ1v) is 7.01. The van der Waals surface area contributed by atoms with Crippen LogP contribution in [0.25, 0.3) is 0 Å². The summed E-state index contributed by atoms with van der Waals surface area (Å²) < 4.78 is 5.52. The van der Waals surface area contributed by atoms with Crippen LogP contribution in [0.2, 0.25) is 0 Å². The molecule has 0 radical (unpaired) electrons. The van der Waals surface area contributed by atoms with Gasteiger partial charge in [0, 0.05) is 6.20 Å². The van der Waals surface area contributed by atoms with Gasteiger partial charge in [-0.15, -0.1) is 0 Å². The number of hydrogen-bond donors (Lipinski definition) is 2. The second-order valence-corrected chi connectivity index (χ2v) is 5.21. The van der Waals surface area contributed by atoms with E-state index in [1.807, 2.05) is 20.8 Å². The molecular formula is C15H22N2O4. The van der Waals surface area contributed by atoms with Crippen LogP contribution in [0.3, 0.4) is 0 Å². The highest BCUT2D eigenvalue weighted by molar-refractivity contribution is 5.98. The number of carboxylic acid groups (broad SMARTS) is 1. The number of hydrogen-bond acceptors (Lipinski definition) is 4. The maximum absolute atomic E-state index is 12.3. The van der Waals surface area contributed by atoms with Gasteiger partial charge in [-0.2, -0.15) is 0 Å². The molecule has 0 saturated carbocycles. The lowest BCUT2D eigenvalue weighted by molar-refractivity contribution is -0.140. The Balaban J connectivity index is 2.95. The molecule has 116 valence electrons. The summed E-state index contributed by atoms with van der Waals surface area (Å²) >= 11 is 0. The standard InChI is InChI=1S/C15H22N2O4/c1-5-10(4)13(15(19)20)17-14(18)11-6-7-16-8-12(11)21-9(2)3/h6-10,13H,5H2,1-4H3,(H,17,18)(H,19,20)/t10-,13-/m1/s1. The van der Waals surface area contributed by atoms with Crippen molar-refractivity contribution in [3.63, 3.8) is 0 Å². The van der Waals surface area contributed by atoms with Crippen LogP contribution >= 0.6 is 0 Å². The molecule has 0 aliphatic rings. The summed E-state index contributed by atoms with van der Waals surface area (Å²) in [6.07, 6.45) is 3.48. The van der Waals surface area contributed by atoms with Gasteiger partial charge in [0.1, 0.15) is 6.04 Å². The topological polar surface area (TPSA) is 88.5 Å². The van der Waals surface area contributed by atoms with E-state index in [2.05, 4.69) is 10.3 Å².